The van der Waals surface area contributed by atoms with E-state index in [0.717, 1.165) is 11.4 Å². The summed E-state index contributed by atoms with van der Waals surface area (Å²) in [6, 6.07) is 7.25. The van der Waals surface area contributed by atoms with E-state index in [-0.39, 0.29) is 18.1 Å². The predicted octanol–water partition coefficient (Wildman–Crippen LogP) is 1.09. The van der Waals surface area contributed by atoms with E-state index in [1.54, 1.807) is 12.0 Å². The Labute approximate surface area is 113 Å². The van der Waals surface area contributed by atoms with Gasteiger partial charge in [-0.3, -0.25) is 4.79 Å². The molecule has 0 radical (unpaired) electrons. The van der Waals surface area contributed by atoms with Crippen LogP contribution in [-0.2, 0) is 4.79 Å². The molecule has 0 bridgehead atoms. The molecule has 1 aromatic rings. The number of amides is 1. The van der Waals surface area contributed by atoms with Gasteiger partial charge < -0.3 is 20.1 Å². The fraction of sp³-hybridized carbons (Fsp3) is 0.500. The van der Waals surface area contributed by atoms with E-state index < -0.39 is 0 Å². The third-order valence-corrected chi connectivity index (χ3v) is 3.29. The number of likely N-dealkylation sites (tertiary alicyclic amines) is 1. The Hall–Kier alpha value is -1.75. The highest BCUT2D eigenvalue weighted by molar-refractivity contribution is 5.85. The summed E-state index contributed by atoms with van der Waals surface area (Å²) in [7, 11) is 1.61. The number of benzene rings is 1. The van der Waals surface area contributed by atoms with E-state index in [1.165, 1.54) is 0 Å². The molecule has 2 N–H and O–H groups in total. The highest BCUT2D eigenvalue weighted by atomic mass is 16.5. The smallest absolute Gasteiger partial charge is 0.245 e. The first kappa shape index (κ1) is 13.7. The van der Waals surface area contributed by atoms with E-state index in [0.29, 0.717) is 19.5 Å². The summed E-state index contributed by atoms with van der Waals surface area (Å²) in [6.45, 7) is 2.84. The van der Waals surface area contributed by atoms with Crippen LogP contribution < -0.4 is 10.1 Å². The lowest BCUT2D eigenvalue weighted by Crippen LogP contribution is -2.57. The molecule has 0 spiro atoms. The molecule has 0 saturated carbocycles. The van der Waals surface area contributed by atoms with Gasteiger partial charge in [0, 0.05) is 24.8 Å². The monoisotopic (exact) mass is 264 g/mol. The first-order valence-electron chi connectivity index (χ1n) is 6.51. The molecule has 104 valence electrons. The van der Waals surface area contributed by atoms with Crippen molar-refractivity contribution in [1.82, 2.24) is 4.90 Å². The van der Waals surface area contributed by atoms with Crippen molar-refractivity contribution in [2.75, 3.05) is 25.5 Å². The second-order valence-corrected chi connectivity index (χ2v) is 4.73. The third-order valence-electron chi connectivity index (χ3n) is 3.29. The Balaban J connectivity index is 1.99. The number of hydrogen-bond acceptors (Lipinski definition) is 4. The normalized spacial score (nSPS) is 16.7. The zero-order valence-corrected chi connectivity index (χ0v) is 11.3. The van der Waals surface area contributed by atoms with Crippen LogP contribution in [0.2, 0.25) is 0 Å². The Morgan fingerprint density at radius 2 is 2.32 bits per heavy atom. The number of carbonyl (C=O) groups is 1. The minimum absolute atomic E-state index is 0.0376. The van der Waals surface area contributed by atoms with Crippen LogP contribution in [0.3, 0.4) is 0 Å². The van der Waals surface area contributed by atoms with Gasteiger partial charge in [-0.1, -0.05) is 13.0 Å². The van der Waals surface area contributed by atoms with Crippen molar-refractivity contribution in [1.29, 1.82) is 0 Å². The van der Waals surface area contributed by atoms with Crippen LogP contribution in [0.4, 0.5) is 5.69 Å². The number of methoxy groups -OCH3 is 1. The molecule has 1 amide bonds. The number of aliphatic hydroxyl groups is 1. The van der Waals surface area contributed by atoms with Crippen molar-refractivity contribution < 1.29 is 14.6 Å². The van der Waals surface area contributed by atoms with Crippen molar-refractivity contribution in [3.63, 3.8) is 0 Å². The van der Waals surface area contributed by atoms with Crippen molar-refractivity contribution in [2.24, 2.45) is 0 Å². The minimum atomic E-state index is -0.363. The van der Waals surface area contributed by atoms with Crippen LogP contribution >= 0.6 is 0 Å². The summed E-state index contributed by atoms with van der Waals surface area (Å²) in [5.74, 6) is 0.794. The fourth-order valence-corrected chi connectivity index (χ4v) is 2.11. The number of nitrogens with one attached hydrogen (secondary N) is 1. The second-order valence-electron chi connectivity index (χ2n) is 4.73. The maximum atomic E-state index is 12.2. The predicted molar refractivity (Wildman–Crippen MR) is 73.3 cm³/mol. The molecule has 1 saturated heterocycles. The molecule has 0 aliphatic carbocycles. The standard InChI is InChI=1S/C14H20N2O3/c1-3-13(14(18)16-8-11(17)9-16)15-10-5-4-6-12(7-10)19-2/h4-7,11,13,15,17H,3,8-9H2,1-2H3/t13-/m1/s1. The number of hydrogen-bond donors (Lipinski definition) is 2. The summed E-state index contributed by atoms with van der Waals surface area (Å²) in [5.41, 5.74) is 0.862. The lowest BCUT2D eigenvalue weighted by molar-refractivity contribution is -0.142. The van der Waals surface area contributed by atoms with Gasteiger partial charge in [-0.25, -0.2) is 0 Å². The number of nitrogens with zero attached hydrogens (tertiary/aromatic N) is 1. The van der Waals surface area contributed by atoms with E-state index in [2.05, 4.69) is 5.32 Å². The fourth-order valence-electron chi connectivity index (χ4n) is 2.11. The van der Waals surface area contributed by atoms with E-state index >= 15 is 0 Å². The van der Waals surface area contributed by atoms with Gasteiger partial charge in [-0.15, -0.1) is 0 Å². The SMILES string of the molecule is CC[C@@H](Nc1cccc(OC)c1)C(=O)N1CC(O)C1. The quantitative estimate of drug-likeness (QED) is 0.835. The van der Waals surface area contributed by atoms with Crippen molar-refractivity contribution in [2.45, 2.75) is 25.5 Å². The largest absolute Gasteiger partial charge is 0.497 e. The average Bonchev–Trinajstić information content (AvgIpc) is 2.40. The Kier molecular flexibility index (Phi) is 4.27. The molecule has 5 heteroatoms. The first-order valence-corrected chi connectivity index (χ1v) is 6.51. The molecule has 19 heavy (non-hydrogen) atoms. The number of aliphatic hydroxyl groups excluding tert-OH is 1. The molecular weight excluding hydrogens is 244 g/mol. The number of carbonyl (C=O) groups excluding carboxylic acids is 1. The third kappa shape index (κ3) is 3.17. The second kappa shape index (κ2) is 5.93. The van der Waals surface area contributed by atoms with Crippen LogP contribution in [0, 0.1) is 0 Å². The maximum Gasteiger partial charge on any atom is 0.245 e. The Morgan fingerprint density at radius 1 is 1.58 bits per heavy atom. The van der Waals surface area contributed by atoms with Gasteiger partial charge in [0.25, 0.3) is 0 Å². The van der Waals surface area contributed by atoms with Gasteiger partial charge in [0.05, 0.1) is 13.2 Å². The minimum Gasteiger partial charge on any atom is -0.497 e. The number of rotatable bonds is 5. The molecule has 1 aliphatic heterocycles. The van der Waals surface area contributed by atoms with Crippen LogP contribution in [0.1, 0.15) is 13.3 Å². The molecule has 1 fully saturated rings. The molecule has 1 aromatic carbocycles. The maximum absolute atomic E-state index is 12.2. The molecule has 0 unspecified atom stereocenters. The first-order chi connectivity index (χ1) is 9.13. The van der Waals surface area contributed by atoms with Gasteiger partial charge in [-0.05, 0) is 18.6 Å². The van der Waals surface area contributed by atoms with Crippen LogP contribution in [-0.4, -0.2) is 48.3 Å². The summed E-state index contributed by atoms with van der Waals surface area (Å²) in [6.07, 6.45) is 0.334. The van der Waals surface area contributed by atoms with Crippen LogP contribution in [0.15, 0.2) is 24.3 Å². The summed E-state index contributed by atoms with van der Waals surface area (Å²) < 4.78 is 5.16. The molecule has 1 heterocycles. The molecule has 2 rings (SSSR count). The van der Waals surface area contributed by atoms with Crippen molar-refractivity contribution in [3.05, 3.63) is 24.3 Å². The molecule has 5 nitrogen and oxygen atoms in total. The summed E-state index contributed by atoms with van der Waals surface area (Å²) in [4.78, 5) is 13.9. The highest BCUT2D eigenvalue weighted by Crippen LogP contribution is 2.19. The Morgan fingerprint density at radius 3 is 2.89 bits per heavy atom. The number of ether oxygens (including phenoxy) is 1. The van der Waals surface area contributed by atoms with Gasteiger partial charge in [-0.2, -0.15) is 0 Å². The van der Waals surface area contributed by atoms with Crippen molar-refractivity contribution >= 4 is 11.6 Å². The Bertz CT molecular complexity index is 444. The van der Waals surface area contributed by atoms with Gasteiger partial charge >= 0.3 is 0 Å². The lowest BCUT2D eigenvalue weighted by atomic mass is 10.1. The molecule has 1 aliphatic rings. The highest BCUT2D eigenvalue weighted by Gasteiger charge is 2.32. The van der Waals surface area contributed by atoms with Crippen LogP contribution in [0.25, 0.3) is 0 Å². The molecule has 0 aromatic heterocycles. The summed E-state index contributed by atoms with van der Waals surface area (Å²) in [5, 5.41) is 12.5. The average molecular weight is 264 g/mol. The number of β-amino-alcohol motifs (C(OH)–C–C–N with tert-alkyl or cyclic N) is 1. The van der Waals surface area contributed by atoms with E-state index in [4.69, 9.17) is 4.74 Å². The zero-order chi connectivity index (χ0) is 13.8. The van der Waals surface area contributed by atoms with Crippen molar-refractivity contribution in [3.8, 4) is 5.75 Å². The molecular formula is C14H20N2O3. The topological polar surface area (TPSA) is 61.8 Å². The molecule has 1 atom stereocenters. The van der Waals surface area contributed by atoms with Gasteiger partial charge in [0.15, 0.2) is 0 Å². The van der Waals surface area contributed by atoms with Gasteiger partial charge in [0.1, 0.15) is 11.8 Å². The summed E-state index contributed by atoms with van der Waals surface area (Å²) >= 11 is 0. The van der Waals surface area contributed by atoms with Gasteiger partial charge in [0.2, 0.25) is 5.91 Å². The lowest BCUT2D eigenvalue weighted by Gasteiger charge is -2.38. The van der Waals surface area contributed by atoms with E-state index in [1.807, 2.05) is 31.2 Å². The number of anilines is 1. The van der Waals surface area contributed by atoms with E-state index in [9.17, 15) is 9.90 Å². The van der Waals surface area contributed by atoms with Crippen LogP contribution in [0.5, 0.6) is 5.75 Å². The zero-order valence-electron chi connectivity index (χ0n) is 11.3.